The van der Waals surface area contributed by atoms with Crippen molar-refractivity contribution in [3.05, 3.63) is 6.33 Å². The smallest absolute Gasteiger partial charge is 0.329 e. The van der Waals surface area contributed by atoms with Gasteiger partial charge in [-0.3, -0.25) is 5.32 Å². The summed E-state index contributed by atoms with van der Waals surface area (Å²) in [7, 11) is 0. The number of anilines is 1. The Bertz CT molecular complexity index is 453. The average Bonchev–Trinajstić information content (AvgIpc) is 2.85. The van der Waals surface area contributed by atoms with Gasteiger partial charge < -0.3 is 5.32 Å². The molecule has 0 aliphatic heterocycles. The zero-order valence-corrected chi connectivity index (χ0v) is 10.8. The van der Waals surface area contributed by atoms with E-state index < -0.39 is 18.8 Å². The zero-order chi connectivity index (χ0) is 14.6. The van der Waals surface area contributed by atoms with Gasteiger partial charge in [-0.25, -0.2) is 14.5 Å². The van der Waals surface area contributed by atoms with Crippen molar-refractivity contribution >= 4 is 12.0 Å². The standard InChI is InChI=1S/C11H16F3N5O/c12-11(13,14)6-15-10(20)17-9-16-7-19(18-9)8-4-2-1-3-5-8/h7-8H,1-6H2,(H2,15,17,18,20). The maximum atomic E-state index is 11.9. The lowest BCUT2D eigenvalue weighted by atomic mass is 9.96. The van der Waals surface area contributed by atoms with Crippen LogP contribution in [0.25, 0.3) is 0 Å². The molecular formula is C11H16F3N5O. The Hall–Kier alpha value is -1.80. The molecule has 0 spiro atoms. The highest BCUT2D eigenvalue weighted by atomic mass is 19.4. The fourth-order valence-electron chi connectivity index (χ4n) is 2.18. The van der Waals surface area contributed by atoms with Crippen molar-refractivity contribution in [2.24, 2.45) is 0 Å². The van der Waals surface area contributed by atoms with Gasteiger partial charge in [0.2, 0.25) is 5.95 Å². The van der Waals surface area contributed by atoms with Crippen LogP contribution in [0.2, 0.25) is 0 Å². The largest absolute Gasteiger partial charge is 0.405 e. The number of nitrogens with zero attached hydrogens (tertiary/aromatic N) is 3. The van der Waals surface area contributed by atoms with E-state index >= 15 is 0 Å². The highest BCUT2D eigenvalue weighted by Gasteiger charge is 2.27. The van der Waals surface area contributed by atoms with Gasteiger partial charge in [-0.2, -0.15) is 13.2 Å². The van der Waals surface area contributed by atoms with Gasteiger partial charge in [-0.1, -0.05) is 19.3 Å². The first-order valence-corrected chi connectivity index (χ1v) is 6.47. The van der Waals surface area contributed by atoms with E-state index in [1.165, 1.54) is 12.7 Å². The molecule has 0 atom stereocenters. The number of alkyl halides is 3. The molecule has 2 amide bonds. The highest BCUT2D eigenvalue weighted by Crippen LogP contribution is 2.27. The molecule has 0 bridgehead atoms. The lowest BCUT2D eigenvalue weighted by Crippen LogP contribution is -2.36. The molecule has 1 fully saturated rings. The van der Waals surface area contributed by atoms with Gasteiger partial charge in [0.25, 0.3) is 0 Å². The van der Waals surface area contributed by atoms with Crippen LogP contribution >= 0.6 is 0 Å². The van der Waals surface area contributed by atoms with Crippen molar-refractivity contribution in [1.29, 1.82) is 0 Å². The fourth-order valence-corrected chi connectivity index (χ4v) is 2.18. The number of hydrogen-bond acceptors (Lipinski definition) is 3. The summed E-state index contributed by atoms with van der Waals surface area (Å²) in [6, 6.07) is -0.714. The number of carbonyl (C=O) groups is 1. The molecule has 1 aromatic heterocycles. The maximum absolute atomic E-state index is 11.9. The number of aromatic nitrogens is 3. The summed E-state index contributed by atoms with van der Waals surface area (Å²) in [5.74, 6) is 0.00949. The molecule has 1 aromatic rings. The SMILES string of the molecule is O=C(NCC(F)(F)F)Nc1ncn(C2CCCCC2)n1. The molecule has 0 saturated heterocycles. The molecule has 0 radical (unpaired) electrons. The van der Waals surface area contributed by atoms with Crippen molar-refractivity contribution in [3.8, 4) is 0 Å². The van der Waals surface area contributed by atoms with Gasteiger partial charge in [-0.05, 0) is 12.8 Å². The van der Waals surface area contributed by atoms with Crippen LogP contribution in [-0.4, -0.2) is 33.5 Å². The van der Waals surface area contributed by atoms with E-state index in [1.54, 1.807) is 10.00 Å². The van der Waals surface area contributed by atoms with Gasteiger partial charge in [0.15, 0.2) is 0 Å². The van der Waals surface area contributed by atoms with Crippen LogP contribution in [-0.2, 0) is 0 Å². The molecule has 1 saturated carbocycles. The Morgan fingerprint density at radius 2 is 2.05 bits per heavy atom. The van der Waals surface area contributed by atoms with Crippen LogP contribution in [0, 0.1) is 0 Å². The lowest BCUT2D eigenvalue weighted by molar-refractivity contribution is -0.122. The molecule has 2 rings (SSSR count). The monoisotopic (exact) mass is 291 g/mol. The Morgan fingerprint density at radius 3 is 2.70 bits per heavy atom. The topological polar surface area (TPSA) is 71.8 Å². The Balaban J connectivity index is 1.84. The molecule has 0 unspecified atom stereocenters. The van der Waals surface area contributed by atoms with E-state index in [0.717, 1.165) is 25.7 Å². The quantitative estimate of drug-likeness (QED) is 0.898. The number of amides is 2. The van der Waals surface area contributed by atoms with Crippen LogP contribution in [0.5, 0.6) is 0 Å². The summed E-state index contributed by atoms with van der Waals surface area (Å²) in [4.78, 5) is 15.1. The van der Waals surface area contributed by atoms with Crippen molar-refractivity contribution in [1.82, 2.24) is 20.1 Å². The zero-order valence-electron chi connectivity index (χ0n) is 10.8. The van der Waals surface area contributed by atoms with Gasteiger partial charge >= 0.3 is 12.2 Å². The minimum absolute atomic E-state index is 0.00949. The number of nitrogens with one attached hydrogen (secondary N) is 2. The van der Waals surface area contributed by atoms with E-state index in [2.05, 4.69) is 15.4 Å². The van der Waals surface area contributed by atoms with Gasteiger partial charge in [0.1, 0.15) is 12.9 Å². The van der Waals surface area contributed by atoms with Crippen LogP contribution in [0.3, 0.4) is 0 Å². The average molecular weight is 291 g/mol. The van der Waals surface area contributed by atoms with E-state index in [4.69, 9.17) is 0 Å². The second-order valence-corrected chi connectivity index (χ2v) is 4.76. The summed E-state index contributed by atoms with van der Waals surface area (Å²) < 4.78 is 37.4. The first-order valence-electron chi connectivity index (χ1n) is 6.47. The van der Waals surface area contributed by atoms with Crippen molar-refractivity contribution in [2.45, 2.75) is 44.3 Å². The molecule has 20 heavy (non-hydrogen) atoms. The molecule has 2 N–H and O–H groups in total. The van der Waals surface area contributed by atoms with E-state index in [1.807, 2.05) is 0 Å². The van der Waals surface area contributed by atoms with Crippen molar-refractivity contribution in [2.75, 3.05) is 11.9 Å². The molecular weight excluding hydrogens is 275 g/mol. The number of halogens is 3. The van der Waals surface area contributed by atoms with Crippen LogP contribution in [0.15, 0.2) is 6.33 Å². The summed E-state index contributed by atoms with van der Waals surface area (Å²) in [6.07, 6.45) is 2.52. The predicted octanol–water partition coefficient (Wildman–Crippen LogP) is 2.47. The fraction of sp³-hybridized carbons (Fsp3) is 0.727. The summed E-state index contributed by atoms with van der Waals surface area (Å²) in [5.41, 5.74) is 0. The van der Waals surface area contributed by atoms with Crippen LogP contribution in [0.4, 0.5) is 23.9 Å². The van der Waals surface area contributed by atoms with Crippen LogP contribution < -0.4 is 10.6 Å². The summed E-state index contributed by atoms with van der Waals surface area (Å²) in [6.45, 7) is -1.39. The molecule has 1 aliphatic rings. The minimum atomic E-state index is -4.44. The first kappa shape index (κ1) is 14.6. The third-order valence-corrected chi connectivity index (χ3v) is 3.13. The molecule has 1 aliphatic carbocycles. The number of hydrogen-bond donors (Lipinski definition) is 2. The van der Waals surface area contributed by atoms with Gasteiger partial charge in [-0.15, -0.1) is 5.10 Å². The molecule has 0 aromatic carbocycles. The minimum Gasteiger partial charge on any atom is -0.329 e. The first-order chi connectivity index (χ1) is 9.44. The predicted molar refractivity (Wildman–Crippen MR) is 65.2 cm³/mol. The third-order valence-electron chi connectivity index (χ3n) is 3.13. The Morgan fingerprint density at radius 1 is 1.35 bits per heavy atom. The molecule has 1 heterocycles. The van der Waals surface area contributed by atoms with Crippen molar-refractivity contribution in [3.63, 3.8) is 0 Å². The third kappa shape index (κ3) is 4.39. The molecule has 9 heteroatoms. The summed E-state index contributed by atoms with van der Waals surface area (Å²) >= 11 is 0. The van der Waals surface area contributed by atoms with E-state index in [9.17, 15) is 18.0 Å². The van der Waals surface area contributed by atoms with Crippen molar-refractivity contribution < 1.29 is 18.0 Å². The summed E-state index contributed by atoms with van der Waals surface area (Å²) in [5, 5.41) is 7.95. The number of rotatable bonds is 3. The van der Waals surface area contributed by atoms with Crippen LogP contribution in [0.1, 0.15) is 38.1 Å². The second-order valence-electron chi connectivity index (χ2n) is 4.76. The number of urea groups is 1. The van der Waals surface area contributed by atoms with Gasteiger partial charge in [0, 0.05) is 0 Å². The molecule has 112 valence electrons. The lowest BCUT2D eigenvalue weighted by Gasteiger charge is -2.21. The second kappa shape index (κ2) is 6.10. The van der Waals surface area contributed by atoms with E-state index in [-0.39, 0.29) is 12.0 Å². The normalized spacial score (nSPS) is 16.9. The number of carbonyl (C=O) groups excluding carboxylic acids is 1. The Labute approximate surface area is 113 Å². The Kier molecular flexibility index (Phi) is 4.46. The van der Waals surface area contributed by atoms with E-state index in [0.29, 0.717) is 0 Å². The highest BCUT2D eigenvalue weighted by molar-refractivity contribution is 5.87. The molecule has 6 nitrogen and oxygen atoms in total. The maximum Gasteiger partial charge on any atom is 0.405 e. The van der Waals surface area contributed by atoms with Gasteiger partial charge in [0.05, 0.1) is 6.04 Å².